The van der Waals surface area contributed by atoms with Crippen molar-refractivity contribution < 1.29 is 9.53 Å². The molecule has 0 radical (unpaired) electrons. The van der Waals surface area contributed by atoms with Crippen molar-refractivity contribution in [2.45, 2.75) is 19.1 Å². The van der Waals surface area contributed by atoms with E-state index in [4.69, 9.17) is 4.74 Å². The van der Waals surface area contributed by atoms with Crippen molar-refractivity contribution in [3.63, 3.8) is 0 Å². The van der Waals surface area contributed by atoms with Gasteiger partial charge in [0.1, 0.15) is 6.23 Å². The molecule has 1 atom stereocenters. The van der Waals surface area contributed by atoms with E-state index in [0.717, 1.165) is 28.7 Å². The molecule has 1 unspecified atom stereocenters. The van der Waals surface area contributed by atoms with Crippen molar-refractivity contribution in [3.05, 3.63) is 27.8 Å². The monoisotopic (exact) mass is 332 g/mol. The normalized spacial score (nSPS) is 19.4. The molecule has 4 nitrogen and oxygen atoms in total. The third kappa shape index (κ3) is 3.34. The highest BCUT2D eigenvalue weighted by Crippen LogP contribution is 2.12. The van der Waals surface area contributed by atoms with Gasteiger partial charge in [-0.3, -0.25) is 0 Å². The molecule has 2 amide bonds. The number of urea groups is 1. The Labute approximate surface area is 108 Å². The van der Waals surface area contributed by atoms with E-state index in [1.54, 1.807) is 0 Å². The quantitative estimate of drug-likeness (QED) is 0.818. The third-order valence-electron chi connectivity index (χ3n) is 2.32. The van der Waals surface area contributed by atoms with Crippen LogP contribution in [0.3, 0.4) is 0 Å². The second-order valence-corrected chi connectivity index (χ2v) is 4.85. The van der Waals surface area contributed by atoms with E-state index in [2.05, 4.69) is 33.2 Å². The SMILES string of the molecule is O=C(Nc1ccc(I)cc1)NC1CCCO1. The number of ether oxygens (including phenoxy) is 1. The zero-order valence-electron chi connectivity index (χ0n) is 8.70. The van der Waals surface area contributed by atoms with E-state index in [9.17, 15) is 4.79 Å². The maximum Gasteiger partial charge on any atom is 0.321 e. The summed E-state index contributed by atoms with van der Waals surface area (Å²) in [5, 5.41) is 5.53. The Morgan fingerprint density at radius 3 is 2.75 bits per heavy atom. The first-order chi connectivity index (χ1) is 7.74. The molecule has 86 valence electrons. The molecule has 0 bridgehead atoms. The Hall–Kier alpha value is -0.820. The average molecular weight is 332 g/mol. The van der Waals surface area contributed by atoms with Gasteiger partial charge in [0.15, 0.2) is 0 Å². The number of carbonyl (C=O) groups excluding carboxylic acids is 1. The van der Waals surface area contributed by atoms with Gasteiger partial charge in [-0.2, -0.15) is 0 Å². The van der Waals surface area contributed by atoms with Gasteiger partial charge in [-0.05, 0) is 59.7 Å². The summed E-state index contributed by atoms with van der Waals surface area (Å²) in [6, 6.07) is 7.42. The van der Waals surface area contributed by atoms with Gasteiger partial charge in [-0.15, -0.1) is 0 Å². The van der Waals surface area contributed by atoms with Crippen LogP contribution >= 0.6 is 22.6 Å². The predicted octanol–water partition coefficient (Wildman–Crippen LogP) is 2.55. The number of amides is 2. The van der Waals surface area contributed by atoms with E-state index in [-0.39, 0.29) is 12.3 Å². The van der Waals surface area contributed by atoms with Gasteiger partial charge in [0, 0.05) is 15.9 Å². The number of hydrogen-bond donors (Lipinski definition) is 2. The number of anilines is 1. The van der Waals surface area contributed by atoms with Crippen LogP contribution in [0.25, 0.3) is 0 Å². The van der Waals surface area contributed by atoms with Gasteiger partial charge in [0.05, 0.1) is 0 Å². The zero-order chi connectivity index (χ0) is 11.4. The number of rotatable bonds is 2. The standard InChI is InChI=1S/C11H13IN2O2/c12-8-3-5-9(6-4-8)13-11(15)14-10-2-1-7-16-10/h3-6,10H,1-2,7H2,(H2,13,14,15). The highest BCUT2D eigenvalue weighted by Gasteiger charge is 2.17. The van der Waals surface area contributed by atoms with E-state index in [1.807, 2.05) is 24.3 Å². The fraction of sp³-hybridized carbons (Fsp3) is 0.364. The summed E-state index contributed by atoms with van der Waals surface area (Å²) in [7, 11) is 0. The van der Waals surface area contributed by atoms with Crippen molar-refractivity contribution >= 4 is 34.3 Å². The fourth-order valence-electron chi connectivity index (χ4n) is 1.54. The molecular formula is C11H13IN2O2. The van der Waals surface area contributed by atoms with Crippen molar-refractivity contribution in [3.8, 4) is 0 Å². The lowest BCUT2D eigenvalue weighted by atomic mass is 10.3. The third-order valence-corrected chi connectivity index (χ3v) is 3.04. The van der Waals surface area contributed by atoms with Gasteiger partial charge < -0.3 is 15.4 Å². The van der Waals surface area contributed by atoms with Gasteiger partial charge in [0.25, 0.3) is 0 Å². The Morgan fingerprint density at radius 1 is 1.38 bits per heavy atom. The van der Waals surface area contributed by atoms with Gasteiger partial charge in [-0.1, -0.05) is 0 Å². The molecule has 1 aliphatic rings. The summed E-state index contributed by atoms with van der Waals surface area (Å²) in [6.45, 7) is 0.731. The first-order valence-electron chi connectivity index (χ1n) is 5.19. The number of carbonyl (C=O) groups is 1. The zero-order valence-corrected chi connectivity index (χ0v) is 10.9. The van der Waals surface area contributed by atoms with Crippen LogP contribution in [-0.4, -0.2) is 18.9 Å². The summed E-state index contributed by atoms with van der Waals surface area (Å²) in [6.07, 6.45) is 1.76. The van der Waals surface area contributed by atoms with Crippen LogP contribution in [0.1, 0.15) is 12.8 Å². The molecule has 0 aliphatic carbocycles. The molecule has 2 N–H and O–H groups in total. The molecule has 1 heterocycles. The average Bonchev–Trinajstić information content (AvgIpc) is 2.74. The lowest BCUT2D eigenvalue weighted by molar-refractivity contribution is 0.0928. The molecule has 1 aromatic carbocycles. The summed E-state index contributed by atoms with van der Waals surface area (Å²) >= 11 is 2.22. The molecule has 2 rings (SSSR count). The molecule has 5 heteroatoms. The van der Waals surface area contributed by atoms with E-state index in [1.165, 1.54) is 0 Å². The van der Waals surface area contributed by atoms with Crippen molar-refractivity contribution in [2.75, 3.05) is 11.9 Å². The molecule has 1 aromatic rings. The van der Waals surface area contributed by atoms with Crippen LogP contribution in [0, 0.1) is 3.57 Å². The first-order valence-corrected chi connectivity index (χ1v) is 6.26. The number of benzene rings is 1. The van der Waals surface area contributed by atoms with Crippen molar-refractivity contribution in [2.24, 2.45) is 0 Å². The van der Waals surface area contributed by atoms with E-state index in [0.29, 0.717) is 0 Å². The van der Waals surface area contributed by atoms with Crippen LogP contribution in [0.2, 0.25) is 0 Å². The molecule has 0 spiro atoms. The van der Waals surface area contributed by atoms with Gasteiger partial charge >= 0.3 is 6.03 Å². The fourth-order valence-corrected chi connectivity index (χ4v) is 1.90. The molecule has 16 heavy (non-hydrogen) atoms. The summed E-state index contributed by atoms with van der Waals surface area (Å²) in [5.41, 5.74) is 0.788. The molecule has 0 aromatic heterocycles. The molecule has 1 aliphatic heterocycles. The van der Waals surface area contributed by atoms with Crippen LogP contribution in [-0.2, 0) is 4.74 Å². The maximum absolute atomic E-state index is 11.5. The lowest BCUT2D eigenvalue weighted by Gasteiger charge is -2.12. The molecule has 1 fully saturated rings. The Balaban J connectivity index is 1.84. The summed E-state index contributed by atoms with van der Waals surface area (Å²) in [5.74, 6) is 0. The lowest BCUT2D eigenvalue weighted by Crippen LogP contribution is -2.37. The molecular weight excluding hydrogens is 319 g/mol. The maximum atomic E-state index is 11.5. The molecule has 1 saturated heterocycles. The smallest absolute Gasteiger partial charge is 0.321 e. The number of nitrogens with one attached hydrogen (secondary N) is 2. The minimum Gasteiger partial charge on any atom is -0.358 e. The Kier molecular flexibility index (Phi) is 4.00. The summed E-state index contributed by atoms with van der Waals surface area (Å²) < 4.78 is 6.45. The Morgan fingerprint density at radius 2 is 2.12 bits per heavy atom. The second-order valence-electron chi connectivity index (χ2n) is 3.61. The first kappa shape index (κ1) is 11.7. The Bertz CT molecular complexity index is 361. The van der Waals surface area contributed by atoms with Crippen molar-refractivity contribution in [1.82, 2.24) is 5.32 Å². The minimum absolute atomic E-state index is 0.135. The predicted molar refractivity (Wildman–Crippen MR) is 70.3 cm³/mol. The largest absolute Gasteiger partial charge is 0.358 e. The van der Waals surface area contributed by atoms with Crippen LogP contribution in [0.5, 0.6) is 0 Å². The highest BCUT2D eigenvalue weighted by atomic mass is 127. The van der Waals surface area contributed by atoms with Crippen molar-refractivity contribution in [1.29, 1.82) is 0 Å². The van der Waals surface area contributed by atoms with Crippen LogP contribution in [0.4, 0.5) is 10.5 Å². The summed E-state index contributed by atoms with van der Waals surface area (Å²) in [4.78, 5) is 11.5. The van der Waals surface area contributed by atoms with Crippen LogP contribution < -0.4 is 10.6 Å². The topological polar surface area (TPSA) is 50.4 Å². The van der Waals surface area contributed by atoms with Crippen LogP contribution in [0.15, 0.2) is 24.3 Å². The van der Waals surface area contributed by atoms with Gasteiger partial charge in [-0.25, -0.2) is 4.79 Å². The molecule has 0 saturated carbocycles. The van der Waals surface area contributed by atoms with E-state index >= 15 is 0 Å². The minimum atomic E-state index is -0.215. The highest BCUT2D eigenvalue weighted by molar-refractivity contribution is 14.1. The van der Waals surface area contributed by atoms with Gasteiger partial charge in [0.2, 0.25) is 0 Å². The second kappa shape index (κ2) is 5.49. The van der Waals surface area contributed by atoms with E-state index < -0.39 is 0 Å². The number of hydrogen-bond acceptors (Lipinski definition) is 2. The number of halogens is 1.